The number of rotatable bonds is 5. The van der Waals surface area contributed by atoms with E-state index >= 15 is 0 Å². The maximum atomic E-state index is 11.9. The van der Waals surface area contributed by atoms with Crippen molar-refractivity contribution >= 4 is 15.8 Å². The Morgan fingerprint density at radius 3 is 2.29 bits per heavy atom. The van der Waals surface area contributed by atoms with Crippen LogP contribution in [0, 0.1) is 5.92 Å². The Morgan fingerprint density at radius 2 is 1.67 bits per heavy atom. The van der Waals surface area contributed by atoms with Gasteiger partial charge >= 0.3 is 5.97 Å². The Morgan fingerprint density at radius 1 is 1.00 bits per heavy atom. The average Bonchev–Trinajstić information content (AvgIpc) is 2.93. The van der Waals surface area contributed by atoms with Gasteiger partial charge in [0.15, 0.2) is 9.84 Å². The number of hydrogen-bond donors (Lipinski definition) is 0. The highest BCUT2D eigenvalue weighted by atomic mass is 32.2. The lowest BCUT2D eigenvalue weighted by Gasteiger charge is -2.09. The summed E-state index contributed by atoms with van der Waals surface area (Å²) in [6.07, 6.45) is 0.741. The molecule has 0 bridgehead atoms. The van der Waals surface area contributed by atoms with E-state index < -0.39 is 9.84 Å². The Labute approximate surface area is 142 Å². The SMILES string of the molecule is O=C(CC1CCS(=O)(=O)C1)OCc1ccc(-c2ccccc2)cc1. The summed E-state index contributed by atoms with van der Waals surface area (Å²) in [6.45, 7) is 0.216. The van der Waals surface area contributed by atoms with E-state index in [1.807, 2.05) is 54.6 Å². The van der Waals surface area contributed by atoms with E-state index in [-0.39, 0.29) is 36.4 Å². The molecule has 5 heteroatoms. The molecule has 1 atom stereocenters. The van der Waals surface area contributed by atoms with E-state index in [0.29, 0.717) is 6.42 Å². The van der Waals surface area contributed by atoms with Crippen LogP contribution in [-0.4, -0.2) is 25.9 Å². The third kappa shape index (κ3) is 4.45. The van der Waals surface area contributed by atoms with Gasteiger partial charge in [-0.25, -0.2) is 8.42 Å². The largest absolute Gasteiger partial charge is 0.461 e. The van der Waals surface area contributed by atoms with Crippen molar-refractivity contribution in [1.82, 2.24) is 0 Å². The zero-order valence-electron chi connectivity index (χ0n) is 13.4. The molecule has 0 spiro atoms. The van der Waals surface area contributed by atoms with Crippen molar-refractivity contribution in [2.24, 2.45) is 5.92 Å². The van der Waals surface area contributed by atoms with Crippen LogP contribution in [0.3, 0.4) is 0 Å². The summed E-state index contributed by atoms with van der Waals surface area (Å²) in [7, 11) is -2.95. The second kappa shape index (κ2) is 7.18. The van der Waals surface area contributed by atoms with Gasteiger partial charge in [0, 0.05) is 6.42 Å². The minimum absolute atomic E-state index is 0.0945. The summed E-state index contributed by atoms with van der Waals surface area (Å²) in [5.41, 5.74) is 3.17. The van der Waals surface area contributed by atoms with Crippen LogP contribution >= 0.6 is 0 Å². The molecule has 0 amide bonds. The van der Waals surface area contributed by atoms with E-state index in [0.717, 1.165) is 16.7 Å². The highest BCUT2D eigenvalue weighted by Crippen LogP contribution is 2.23. The fourth-order valence-corrected chi connectivity index (χ4v) is 4.78. The summed E-state index contributed by atoms with van der Waals surface area (Å²) in [6, 6.07) is 17.9. The van der Waals surface area contributed by atoms with Crippen LogP contribution < -0.4 is 0 Å². The second-order valence-electron chi connectivity index (χ2n) is 6.20. The van der Waals surface area contributed by atoms with Crippen LogP contribution in [-0.2, 0) is 26.0 Å². The molecule has 0 aliphatic carbocycles. The van der Waals surface area contributed by atoms with Crippen molar-refractivity contribution in [1.29, 1.82) is 0 Å². The fourth-order valence-electron chi connectivity index (χ4n) is 2.92. The Balaban J connectivity index is 1.51. The lowest BCUT2D eigenvalue weighted by molar-refractivity contribution is -0.145. The van der Waals surface area contributed by atoms with E-state index in [1.165, 1.54) is 0 Å². The maximum absolute atomic E-state index is 11.9. The minimum atomic E-state index is -2.95. The molecule has 1 saturated heterocycles. The number of ether oxygens (including phenoxy) is 1. The molecule has 3 rings (SSSR count). The molecule has 2 aromatic rings. The number of sulfone groups is 1. The highest BCUT2D eigenvalue weighted by molar-refractivity contribution is 7.91. The van der Waals surface area contributed by atoms with Crippen LogP contribution in [0.25, 0.3) is 11.1 Å². The predicted molar refractivity (Wildman–Crippen MR) is 93.1 cm³/mol. The van der Waals surface area contributed by atoms with Gasteiger partial charge in [-0.2, -0.15) is 0 Å². The lowest BCUT2D eigenvalue weighted by atomic mass is 10.0. The highest BCUT2D eigenvalue weighted by Gasteiger charge is 2.29. The molecule has 126 valence electrons. The van der Waals surface area contributed by atoms with Gasteiger partial charge < -0.3 is 4.74 Å². The molecule has 1 heterocycles. The topological polar surface area (TPSA) is 60.4 Å². The predicted octanol–water partition coefficient (Wildman–Crippen LogP) is 3.22. The fraction of sp³-hybridized carbons (Fsp3) is 0.316. The van der Waals surface area contributed by atoms with Crippen molar-refractivity contribution < 1.29 is 17.9 Å². The van der Waals surface area contributed by atoms with Crippen molar-refractivity contribution in [3.8, 4) is 11.1 Å². The molecule has 0 saturated carbocycles. The molecule has 2 aromatic carbocycles. The van der Waals surface area contributed by atoms with Crippen molar-refractivity contribution in [2.75, 3.05) is 11.5 Å². The number of carbonyl (C=O) groups is 1. The van der Waals surface area contributed by atoms with Crippen LogP contribution in [0.5, 0.6) is 0 Å². The van der Waals surface area contributed by atoms with Crippen LogP contribution in [0.1, 0.15) is 18.4 Å². The number of carbonyl (C=O) groups excluding carboxylic acids is 1. The van der Waals surface area contributed by atoms with Crippen LogP contribution in [0.15, 0.2) is 54.6 Å². The van der Waals surface area contributed by atoms with E-state index in [2.05, 4.69) is 0 Å². The zero-order chi connectivity index (χ0) is 17.0. The third-order valence-electron chi connectivity index (χ3n) is 4.24. The van der Waals surface area contributed by atoms with Crippen molar-refractivity contribution in [2.45, 2.75) is 19.4 Å². The number of esters is 1. The van der Waals surface area contributed by atoms with Gasteiger partial charge in [-0.05, 0) is 29.0 Å². The molecule has 1 aliphatic heterocycles. The first-order valence-electron chi connectivity index (χ1n) is 8.02. The van der Waals surface area contributed by atoms with E-state index in [9.17, 15) is 13.2 Å². The van der Waals surface area contributed by atoms with Crippen molar-refractivity contribution in [3.63, 3.8) is 0 Å². The maximum Gasteiger partial charge on any atom is 0.306 e. The Kier molecular flexibility index (Phi) is 5.00. The smallest absolute Gasteiger partial charge is 0.306 e. The molecular formula is C19H20O4S. The lowest BCUT2D eigenvalue weighted by Crippen LogP contribution is -2.13. The van der Waals surface area contributed by atoms with E-state index in [4.69, 9.17) is 4.74 Å². The monoisotopic (exact) mass is 344 g/mol. The summed E-state index contributed by atoms with van der Waals surface area (Å²) in [5.74, 6) is -0.132. The first-order chi connectivity index (χ1) is 11.5. The molecular weight excluding hydrogens is 324 g/mol. The third-order valence-corrected chi connectivity index (χ3v) is 6.08. The van der Waals surface area contributed by atoms with Gasteiger partial charge in [-0.3, -0.25) is 4.79 Å². The number of benzene rings is 2. The van der Waals surface area contributed by atoms with Gasteiger partial charge in [-0.15, -0.1) is 0 Å². The molecule has 1 aliphatic rings. The van der Waals surface area contributed by atoms with Gasteiger partial charge in [0.1, 0.15) is 6.61 Å². The molecule has 0 radical (unpaired) electrons. The quantitative estimate of drug-likeness (QED) is 0.782. The van der Waals surface area contributed by atoms with Gasteiger partial charge in [0.2, 0.25) is 0 Å². The molecule has 1 unspecified atom stereocenters. The van der Waals surface area contributed by atoms with Crippen molar-refractivity contribution in [3.05, 3.63) is 60.2 Å². The average molecular weight is 344 g/mol. The molecule has 4 nitrogen and oxygen atoms in total. The second-order valence-corrected chi connectivity index (χ2v) is 8.43. The molecule has 0 aromatic heterocycles. The molecule has 0 N–H and O–H groups in total. The molecule has 1 fully saturated rings. The normalized spacial score (nSPS) is 19.1. The zero-order valence-corrected chi connectivity index (χ0v) is 14.2. The van der Waals surface area contributed by atoms with Gasteiger partial charge in [-0.1, -0.05) is 54.6 Å². The molecule has 24 heavy (non-hydrogen) atoms. The van der Waals surface area contributed by atoms with Crippen LogP contribution in [0.4, 0.5) is 0 Å². The summed E-state index contributed by atoms with van der Waals surface area (Å²) in [5, 5.41) is 0. The minimum Gasteiger partial charge on any atom is -0.461 e. The Bertz CT molecular complexity index is 795. The standard InChI is InChI=1S/C19H20O4S/c20-19(12-16-10-11-24(21,22)14-16)23-13-15-6-8-18(9-7-15)17-4-2-1-3-5-17/h1-9,16H,10-14H2. The van der Waals surface area contributed by atoms with Gasteiger partial charge in [0.05, 0.1) is 11.5 Å². The summed E-state index contributed by atoms with van der Waals surface area (Å²) in [4.78, 5) is 11.9. The summed E-state index contributed by atoms with van der Waals surface area (Å²) >= 11 is 0. The summed E-state index contributed by atoms with van der Waals surface area (Å²) < 4.78 is 28.1. The van der Waals surface area contributed by atoms with Crippen LogP contribution in [0.2, 0.25) is 0 Å². The van der Waals surface area contributed by atoms with Gasteiger partial charge in [0.25, 0.3) is 0 Å². The first-order valence-corrected chi connectivity index (χ1v) is 9.84. The van der Waals surface area contributed by atoms with E-state index in [1.54, 1.807) is 0 Å². The number of hydrogen-bond acceptors (Lipinski definition) is 4. The Hall–Kier alpha value is -2.14. The first kappa shape index (κ1) is 16.7.